The molecule has 2 heterocycles. The number of aromatic nitrogens is 1. The molecule has 4 rings (SSSR count). The van der Waals surface area contributed by atoms with Crippen LogP contribution in [0.3, 0.4) is 0 Å². The molecule has 0 spiro atoms. The molecule has 33 heavy (non-hydrogen) atoms. The van der Waals surface area contributed by atoms with Crippen molar-refractivity contribution in [3.8, 4) is 5.75 Å². The maximum atomic E-state index is 12.6. The van der Waals surface area contributed by atoms with Crippen LogP contribution in [0.25, 0.3) is 6.08 Å². The average molecular weight is 523 g/mol. The minimum atomic E-state index is -0.356. The van der Waals surface area contributed by atoms with E-state index in [-0.39, 0.29) is 17.2 Å². The normalized spacial score (nSPS) is 14.3. The molecule has 1 fully saturated rings. The fourth-order valence-electron chi connectivity index (χ4n) is 3.30. The number of hydrogen-bond donors (Lipinski definition) is 1. The van der Waals surface area contributed by atoms with Gasteiger partial charge in [0.1, 0.15) is 17.0 Å². The van der Waals surface area contributed by atoms with Crippen LogP contribution in [0.5, 0.6) is 5.75 Å². The number of hydrogen-bond acceptors (Lipinski definition) is 4. The molecule has 1 aliphatic heterocycles. The van der Waals surface area contributed by atoms with Crippen molar-refractivity contribution in [1.29, 1.82) is 0 Å². The van der Waals surface area contributed by atoms with Gasteiger partial charge in [-0.1, -0.05) is 70.7 Å². The maximum absolute atomic E-state index is 12.6. The van der Waals surface area contributed by atoms with Gasteiger partial charge in [0, 0.05) is 42.5 Å². The SMILES string of the molecule is O=C(Nc1cc(Cl)c(Cl)cc1OC1CN(CC=Cc2ccc(Cl)cc2)C1)c1ccnc(Cl)c1. The second-order valence-electron chi connectivity index (χ2n) is 7.50. The minimum Gasteiger partial charge on any atom is -0.486 e. The van der Waals surface area contributed by atoms with E-state index in [1.807, 2.05) is 24.3 Å². The summed E-state index contributed by atoms with van der Waals surface area (Å²) in [6, 6.07) is 13.9. The zero-order chi connectivity index (χ0) is 23.4. The van der Waals surface area contributed by atoms with Gasteiger partial charge in [-0.3, -0.25) is 9.69 Å². The summed E-state index contributed by atoms with van der Waals surface area (Å²) in [6.07, 6.45) is 5.60. The van der Waals surface area contributed by atoms with Crippen LogP contribution in [0.2, 0.25) is 20.2 Å². The quantitative estimate of drug-likeness (QED) is 0.350. The van der Waals surface area contributed by atoms with Gasteiger partial charge in [0.25, 0.3) is 5.91 Å². The molecule has 0 unspecified atom stereocenters. The number of ether oxygens (including phenoxy) is 1. The largest absolute Gasteiger partial charge is 0.486 e. The van der Waals surface area contributed by atoms with Crippen molar-refractivity contribution < 1.29 is 9.53 Å². The molecule has 0 saturated carbocycles. The van der Waals surface area contributed by atoms with Crippen molar-refractivity contribution in [2.24, 2.45) is 0 Å². The van der Waals surface area contributed by atoms with Gasteiger partial charge in [-0.15, -0.1) is 0 Å². The maximum Gasteiger partial charge on any atom is 0.255 e. The van der Waals surface area contributed by atoms with E-state index >= 15 is 0 Å². The number of pyridine rings is 1. The predicted octanol–water partition coefficient (Wildman–Crippen LogP) is 6.72. The summed E-state index contributed by atoms with van der Waals surface area (Å²) in [7, 11) is 0. The van der Waals surface area contributed by atoms with E-state index in [0.717, 1.165) is 30.2 Å². The van der Waals surface area contributed by atoms with Crippen molar-refractivity contribution in [3.63, 3.8) is 0 Å². The van der Waals surface area contributed by atoms with Gasteiger partial charge in [0.2, 0.25) is 0 Å². The second-order valence-corrected chi connectivity index (χ2v) is 9.13. The average Bonchev–Trinajstić information content (AvgIpc) is 2.76. The first-order valence-electron chi connectivity index (χ1n) is 10.1. The summed E-state index contributed by atoms with van der Waals surface area (Å²) in [5.41, 5.74) is 1.90. The Morgan fingerprint density at radius 2 is 1.79 bits per heavy atom. The first-order valence-corrected chi connectivity index (χ1v) is 11.6. The van der Waals surface area contributed by atoms with Crippen LogP contribution in [-0.4, -0.2) is 41.5 Å². The molecule has 5 nitrogen and oxygen atoms in total. The van der Waals surface area contributed by atoms with Crippen molar-refractivity contribution in [1.82, 2.24) is 9.88 Å². The van der Waals surface area contributed by atoms with Gasteiger partial charge in [-0.05, 0) is 35.9 Å². The van der Waals surface area contributed by atoms with Crippen molar-refractivity contribution in [3.05, 3.63) is 92.2 Å². The van der Waals surface area contributed by atoms with E-state index < -0.39 is 0 Å². The zero-order valence-corrected chi connectivity index (χ0v) is 20.3. The fourth-order valence-corrected chi connectivity index (χ4v) is 3.92. The number of anilines is 1. The smallest absolute Gasteiger partial charge is 0.255 e. The molecule has 1 saturated heterocycles. The zero-order valence-electron chi connectivity index (χ0n) is 17.3. The number of carbonyl (C=O) groups is 1. The molecule has 170 valence electrons. The van der Waals surface area contributed by atoms with E-state index in [1.54, 1.807) is 18.2 Å². The molecule has 1 N–H and O–H groups in total. The van der Waals surface area contributed by atoms with Gasteiger partial charge in [-0.2, -0.15) is 0 Å². The Labute approximate surface area is 211 Å². The standard InChI is InChI=1S/C24H19Cl4N3O2/c25-17-5-3-15(4-6-17)2-1-9-31-13-18(14-31)33-22-12-20(27)19(26)11-21(22)30-24(32)16-7-8-29-23(28)10-16/h1-8,10-12,18H,9,13-14H2,(H,30,32). The van der Waals surface area contributed by atoms with Crippen molar-refractivity contribution >= 4 is 64.1 Å². The second kappa shape index (κ2) is 10.8. The van der Waals surface area contributed by atoms with Crippen molar-refractivity contribution in [2.75, 3.05) is 25.0 Å². The van der Waals surface area contributed by atoms with Crippen LogP contribution in [-0.2, 0) is 0 Å². The molecule has 9 heteroatoms. The van der Waals surface area contributed by atoms with E-state index in [1.165, 1.54) is 12.3 Å². The van der Waals surface area contributed by atoms with Crippen LogP contribution in [0.4, 0.5) is 5.69 Å². The van der Waals surface area contributed by atoms with Crippen LogP contribution >= 0.6 is 46.4 Å². The molecule has 1 aromatic heterocycles. The number of amides is 1. The Balaban J connectivity index is 1.36. The monoisotopic (exact) mass is 521 g/mol. The summed E-state index contributed by atoms with van der Waals surface area (Å²) in [4.78, 5) is 18.8. The molecule has 3 aromatic rings. The summed E-state index contributed by atoms with van der Waals surface area (Å²) in [5, 5.41) is 4.43. The highest BCUT2D eigenvalue weighted by Crippen LogP contribution is 2.36. The summed E-state index contributed by atoms with van der Waals surface area (Å²) < 4.78 is 6.11. The lowest BCUT2D eigenvalue weighted by molar-refractivity contribution is 0.0288. The highest BCUT2D eigenvalue weighted by Gasteiger charge is 2.28. The number of benzene rings is 2. The summed E-state index contributed by atoms with van der Waals surface area (Å²) in [5.74, 6) is 0.101. The van der Waals surface area contributed by atoms with Gasteiger partial charge in [0.15, 0.2) is 0 Å². The minimum absolute atomic E-state index is 0.0304. The van der Waals surface area contributed by atoms with Gasteiger partial charge in [-0.25, -0.2) is 4.98 Å². The van der Waals surface area contributed by atoms with E-state index in [2.05, 4.69) is 27.4 Å². The van der Waals surface area contributed by atoms with E-state index in [9.17, 15) is 4.79 Å². The number of likely N-dealkylation sites (tertiary alicyclic amines) is 1. The third-order valence-corrected chi connectivity index (χ3v) is 6.20. The topological polar surface area (TPSA) is 54.5 Å². The number of rotatable bonds is 7. The Morgan fingerprint density at radius 3 is 2.52 bits per heavy atom. The van der Waals surface area contributed by atoms with E-state index in [4.69, 9.17) is 51.1 Å². The Hall–Kier alpha value is -2.28. The van der Waals surface area contributed by atoms with Crippen molar-refractivity contribution in [2.45, 2.75) is 6.10 Å². The van der Waals surface area contributed by atoms with Crippen LogP contribution < -0.4 is 10.1 Å². The Bertz CT molecular complexity index is 1180. The number of nitrogens with zero attached hydrogens (tertiary/aromatic N) is 2. The molecular formula is C24H19Cl4N3O2. The van der Waals surface area contributed by atoms with Crippen LogP contribution in [0.15, 0.2) is 60.8 Å². The molecule has 0 bridgehead atoms. The molecule has 0 aliphatic carbocycles. The first kappa shape index (κ1) is 23.9. The van der Waals surface area contributed by atoms with Crippen LogP contribution in [0.1, 0.15) is 15.9 Å². The summed E-state index contributed by atoms with van der Waals surface area (Å²) >= 11 is 24.2. The first-order chi connectivity index (χ1) is 15.9. The molecule has 0 atom stereocenters. The molecular weight excluding hydrogens is 504 g/mol. The summed E-state index contributed by atoms with van der Waals surface area (Å²) in [6.45, 7) is 2.30. The number of carbonyl (C=O) groups excluding carboxylic acids is 1. The fraction of sp³-hybridized carbons (Fsp3) is 0.167. The molecule has 1 aliphatic rings. The molecule has 1 amide bonds. The number of halogens is 4. The molecule has 2 aromatic carbocycles. The van der Waals surface area contributed by atoms with Crippen LogP contribution in [0, 0.1) is 0 Å². The lowest BCUT2D eigenvalue weighted by atomic mass is 10.1. The highest BCUT2D eigenvalue weighted by atomic mass is 35.5. The van der Waals surface area contributed by atoms with Gasteiger partial charge < -0.3 is 10.1 Å². The lowest BCUT2D eigenvalue weighted by Gasteiger charge is -2.38. The van der Waals surface area contributed by atoms with E-state index in [0.29, 0.717) is 27.0 Å². The number of nitrogens with one attached hydrogen (secondary N) is 1. The lowest BCUT2D eigenvalue weighted by Crippen LogP contribution is -2.53. The third kappa shape index (κ3) is 6.40. The van der Waals surface area contributed by atoms with Gasteiger partial charge >= 0.3 is 0 Å². The highest BCUT2D eigenvalue weighted by molar-refractivity contribution is 6.42. The Kier molecular flexibility index (Phi) is 7.78. The third-order valence-electron chi connectivity index (χ3n) is 5.02. The predicted molar refractivity (Wildman–Crippen MR) is 135 cm³/mol. The van der Waals surface area contributed by atoms with Gasteiger partial charge in [0.05, 0.1) is 15.7 Å². The Morgan fingerprint density at radius 1 is 1.06 bits per heavy atom. The molecule has 0 radical (unpaired) electrons.